The minimum atomic E-state index is -0.253. The Balaban J connectivity index is 2.18. The second kappa shape index (κ2) is 5.63. The number of halogens is 3. The molecule has 1 N–H and O–H groups in total. The van der Waals surface area contributed by atoms with Gasteiger partial charge in [0.1, 0.15) is 23.1 Å². The quantitative estimate of drug-likeness (QED) is 0.857. The molecule has 0 aliphatic carbocycles. The summed E-state index contributed by atoms with van der Waals surface area (Å²) in [5.41, 5.74) is 0.957. The van der Waals surface area contributed by atoms with Gasteiger partial charge in [0.2, 0.25) is 0 Å². The molecule has 6 heteroatoms. The molecule has 0 fully saturated rings. The van der Waals surface area contributed by atoms with Gasteiger partial charge in [-0.1, -0.05) is 23.7 Å². The molecule has 0 aliphatic rings. The Hall–Kier alpha value is -1.20. The highest BCUT2D eigenvalue weighted by molar-refractivity contribution is 9.10. The van der Waals surface area contributed by atoms with E-state index in [1.54, 1.807) is 12.1 Å². The van der Waals surface area contributed by atoms with E-state index in [0.717, 1.165) is 5.56 Å². The predicted octanol–water partition coefficient (Wildman–Crippen LogP) is 4.20. The van der Waals surface area contributed by atoms with Crippen LogP contribution in [0.15, 0.2) is 35.1 Å². The van der Waals surface area contributed by atoms with Crippen LogP contribution >= 0.6 is 27.5 Å². The summed E-state index contributed by atoms with van der Waals surface area (Å²) in [6, 6.07) is 6.28. The maximum absolute atomic E-state index is 12.8. The number of nitrogens with zero attached hydrogens (tertiary/aromatic N) is 2. The Bertz CT molecular complexity index is 548. The molecule has 2 aromatic rings. The summed E-state index contributed by atoms with van der Waals surface area (Å²) in [4.78, 5) is 7.94. The van der Waals surface area contributed by atoms with Crippen LogP contribution in [0.3, 0.4) is 0 Å². The zero-order chi connectivity index (χ0) is 13.1. The van der Waals surface area contributed by atoms with Gasteiger partial charge in [-0.3, -0.25) is 0 Å². The number of rotatable bonds is 3. The van der Waals surface area contributed by atoms with Crippen molar-refractivity contribution >= 4 is 33.3 Å². The third kappa shape index (κ3) is 2.97. The van der Waals surface area contributed by atoms with Gasteiger partial charge in [-0.05, 0) is 40.5 Å². The Kier molecular flexibility index (Phi) is 4.14. The van der Waals surface area contributed by atoms with E-state index in [9.17, 15) is 4.39 Å². The number of hydrogen-bond acceptors (Lipinski definition) is 3. The summed E-state index contributed by atoms with van der Waals surface area (Å²) in [5, 5.41) is 3.53. The van der Waals surface area contributed by atoms with Crippen molar-refractivity contribution in [2.24, 2.45) is 0 Å². The Labute approximate surface area is 118 Å². The first-order valence-corrected chi connectivity index (χ1v) is 6.43. The van der Waals surface area contributed by atoms with Crippen molar-refractivity contribution in [2.75, 3.05) is 5.32 Å². The van der Waals surface area contributed by atoms with Crippen LogP contribution < -0.4 is 5.32 Å². The number of anilines is 1. The van der Waals surface area contributed by atoms with Gasteiger partial charge in [-0.25, -0.2) is 14.4 Å². The number of aromatic nitrogens is 2. The van der Waals surface area contributed by atoms with Gasteiger partial charge in [0, 0.05) is 6.04 Å². The van der Waals surface area contributed by atoms with Gasteiger partial charge >= 0.3 is 0 Å². The second-order valence-electron chi connectivity index (χ2n) is 3.74. The molecule has 1 atom stereocenters. The van der Waals surface area contributed by atoms with Crippen LogP contribution in [-0.4, -0.2) is 9.97 Å². The van der Waals surface area contributed by atoms with Crippen LogP contribution in [0.4, 0.5) is 10.2 Å². The highest BCUT2D eigenvalue weighted by Crippen LogP contribution is 2.28. The van der Waals surface area contributed by atoms with Crippen LogP contribution in [0.1, 0.15) is 18.5 Å². The molecule has 0 radical (unpaired) electrons. The topological polar surface area (TPSA) is 37.8 Å². The largest absolute Gasteiger partial charge is 0.362 e. The first kappa shape index (κ1) is 13.2. The van der Waals surface area contributed by atoms with Crippen molar-refractivity contribution in [1.29, 1.82) is 0 Å². The third-order valence-electron chi connectivity index (χ3n) is 2.47. The van der Waals surface area contributed by atoms with E-state index in [2.05, 4.69) is 31.2 Å². The minimum Gasteiger partial charge on any atom is -0.362 e. The molecule has 0 bridgehead atoms. The monoisotopic (exact) mass is 329 g/mol. The molecule has 18 heavy (non-hydrogen) atoms. The van der Waals surface area contributed by atoms with Crippen LogP contribution in [-0.2, 0) is 0 Å². The van der Waals surface area contributed by atoms with Crippen molar-refractivity contribution in [1.82, 2.24) is 9.97 Å². The fraction of sp³-hybridized carbons (Fsp3) is 0.167. The highest BCUT2D eigenvalue weighted by Gasteiger charge is 2.11. The molecule has 1 aromatic heterocycles. The second-order valence-corrected chi connectivity index (χ2v) is 4.90. The molecule has 0 saturated carbocycles. The zero-order valence-electron chi connectivity index (χ0n) is 9.49. The molecule has 1 unspecified atom stereocenters. The third-order valence-corrected chi connectivity index (χ3v) is 3.74. The average molecular weight is 331 g/mol. The normalized spacial score (nSPS) is 12.2. The SMILES string of the molecule is CC(Nc1ncnc(Cl)c1Br)c1ccc(F)cc1. The lowest BCUT2D eigenvalue weighted by Crippen LogP contribution is -2.08. The van der Waals surface area contributed by atoms with E-state index < -0.39 is 0 Å². The van der Waals surface area contributed by atoms with E-state index in [1.807, 2.05) is 6.92 Å². The predicted molar refractivity (Wildman–Crippen MR) is 73.2 cm³/mol. The molecule has 0 spiro atoms. The molecular weight excluding hydrogens is 321 g/mol. The standard InChI is InChI=1S/C12H10BrClFN3/c1-7(8-2-4-9(15)5-3-8)18-12-10(13)11(14)16-6-17-12/h2-7H,1H3,(H,16,17,18). The Morgan fingerprint density at radius 1 is 1.28 bits per heavy atom. The van der Waals surface area contributed by atoms with E-state index >= 15 is 0 Å². The van der Waals surface area contributed by atoms with Gasteiger partial charge in [-0.15, -0.1) is 0 Å². The number of benzene rings is 1. The van der Waals surface area contributed by atoms with E-state index in [0.29, 0.717) is 15.4 Å². The Morgan fingerprint density at radius 3 is 2.61 bits per heavy atom. The minimum absolute atomic E-state index is 0.0205. The highest BCUT2D eigenvalue weighted by atomic mass is 79.9. The maximum atomic E-state index is 12.8. The summed E-state index contributed by atoms with van der Waals surface area (Å²) in [6.07, 6.45) is 1.38. The average Bonchev–Trinajstić information content (AvgIpc) is 2.36. The van der Waals surface area contributed by atoms with Crippen molar-refractivity contribution in [3.63, 3.8) is 0 Å². The lowest BCUT2D eigenvalue weighted by Gasteiger charge is -2.16. The molecule has 1 heterocycles. The summed E-state index contributed by atoms with van der Waals surface area (Å²) in [5.74, 6) is 0.351. The van der Waals surface area contributed by atoms with Crippen LogP contribution in [0, 0.1) is 5.82 Å². The molecule has 1 aromatic carbocycles. The van der Waals surface area contributed by atoms with E-state index in [-0.39, 0.29) is 11.9 Å². The van der Waals surface area contributed by atoms with Gasteiger partial charge < -0.3 is 5.32 Å². The molecule has 3 nitrogen and oxygen atoms in total. The zero-order valence-corrected chi connectivity index (χ0v) is 11.8. The van der Waals surface area contributed by atoms with Gasteiger partial charge in [-0.2, -0.15) is 0 Å². The molecule has 94 valence electrons. The van der Waals surface area contributed by atoms with Gasteiger partial charge in [0.15, 0.2) is 0 Å². The fourth-order valence-corrected chi connectivity index (χ4v) is 1.94. The fourth-order valence-electron chi connectivity index (χ4n) is 1.49. The van der Waals surface area contributed by atoms with Crippen LogP contribution in [0.25, 0.3) is 0 Å². The molecular formula is C12H10BrClFN3. The smallest absolute Gasteiger partial charge is 0.148 e. The lowest BCUT2D eigenvalue weighted by atomic mass is 10.1. The van der Waals surface area contributed by atoms with Crippen molar-refractivity contribution in [2.45, 2.75) is 13.0 Å². The summed E-state index contributed by atoms with van der Waals surface area (Å²) in [6.45, 7) is 1.95. The summed E-state index contributed by atoms with van der Waals surface area (Å²) >= 11 is 9.19. The van der Waals surface area contributed by atoms with Gasteiger partial charge in [0.05, 0.1) is 4.47 Å². The van der Waals surface area contributed by atoms with E-state index in [1.165, 1.54) is 18.5 Å². The van der Waals surface area contributed by atoms with Crippen LogP contribution in [0.2, 0.25) is 5.15 Å². The maximum Gasteiger partial charge on any atom is 0.148 e. The number of hydrogen-bond donors (Lipinski definition) is 1. The van der Waals surface area contributed by atoms with Gasteiger partial charge in [0.25, 0.3) is 0 Å². The van der Waals surface area contributed by atoms with Crippen molar-refractivity contribution in [3.05, 3.63) is 51.6 Å². The molecule has 2 rings (SSSR count). The number of nitrogens with one attached hydrogen (secondary N) is 1. The van der Waals surface area contributed by atoms with Crippen molar-refractivity contribution in [3.8, 4) is 0 Å². The molecule has 0 amide bonds. The van der Waals surface area contributed by atoms with Crippen molar-refractivity contribution < 1.29 is 4.39 Å². The molecule has 0 saturated heterocycles. The summed E-state index contributed by atoms with van der Waals surface area (Å²) in [7, 11) is 0. The first-order valence-electron chi connectivity index (χ1n) is 5.26. The lowest BCUT2D eigenvalue weighted by molar-refractivity contribution is 0.626. The first-order chi connectivity index (χ1) is 8.58. The Morgan fingerprint density at radius 2 is 1.94 bits per heavy atom. The van der Waals surface area contributed by atoms with E-state index in [4.69, 9.17) is 11.6 Å². The molecule has 0 aliphatic heterocycles. The summed E-state index contributed by atoms with van der Waals surface area (Å²) < 4.78 is 13.4. The van der Waals surface area contributed by atoms with Crippen LogP contribution in [0.5, 0.6) is 0 Å².